The molecule has 1 aromatic heterocycles. The van der Waals surface area contributed by atoms with Gasteiger partial charge in [-0.25, -0.2) is 9.78 Å². The summed E-state index contributed by atoms with van der Waals surface area (Å²) in [5.74, 6) is -0.469. The standard InChI is InChI=1S/C15H15N3O3/c19-13-6-5-10(17-13)8-16-14-11-4-2-1-3-9(11)7-12(18-14)15(20)21/h1-4,7,10H,5-6,8H2,(H,16,18)(H,17,19)(H,20,21). The smallest absolute Gasteiger partial charge is 0.354 e. The molecule has 3 rings (SSSR count). The van der Waals surface area contributed by atoms with Gasteiger partial charge in [-0.2, -0.15) is 0 Å². The van der Waals surface area contributed by atoms with Crippen molar-refractivity contribution in [2.24, 2.45) is 0 Å². The molecule has 0 spiro atoms. The number of pyridine rings is 1. The third-order valence-corrected chi connectivity index (χ3v) is 3.56. The number of carbonyl (C=O) groups is 2. The van der Waals surface area contributed by atoms with Crippen LogP contribution in [0.4, 0.5) is 5.82 Å². The van der Waals surface area contributed by atoms with Gasteiger partial charge in [0.1, 0.15) is 5.82 Å². The lowest BCUT2D eigenvalue weighted by atomic mass is 10.1. The number of carboxylic acids is 1. The predicted octanol–water partition coefficient (Wildman–Crippen LogP) is 1.62. The number of rotatable bonds is 4. The van der Waals surface area contributed by atoms with Gasteiger partial charge >= 0.3 is 5.97 Å². The summed E-state index contributed by atoms with van der Waals surface area (Å²) in [5, 5.41) is 16.8. The van der Waals surface area contributed by atoms with E-state index in [1.165, 1.54) is 0 Å². The molecule has 0 bridgehead atoms. The third-order valence-electron chi connectivity index (χ3n) is 3.56. The molecule has 1 amide bonds. The normalized spacial score (nSPS) is 17.7. The maximum absolute atomic E-state index is 11.2. The average Bonchev–Trinajstić information content (AvgIpc) is 2.90. The SMILES string of the molecule is O=C1CCC(CNc2nc(C(=O)O)cc3ccccc23)N1. The van der Waals surface area contributed by atoms with Crippen LogP contribution in [0.1, 0.15) is 23.3 Å². The molecule has 3 N–H and O–H groups in total. The molecule has 1 aliphatic heterocycles. The maximum Gasteiger partial charge on any atom is 0.354 e. The van der Waals surface area contributed by atoms with Crippen LogP contribution >= 0.6 is 0 Å². The van der Waals surface area contributed by atoms with Crippen molar-refractivity contribution in [1.29, 1.82) is 0 Å². The van der Waals surface area contributed by atoms with E-state index in [9.17, 15) is 9.59 Å². The molecule has 2 heterocycles. The Labute approximate surface area is 121 Å². The first-order valence-electron chi connectivity index (χ1n) is 6.80. The number of aromatic nitrogens is 1. The topological polar surface area (TPSA) is 91.3 Å². The molecule has 2 aromatic rings. The van der Waals surface area contributed by atoms with E-state index in [2.05, 4.69) is 15.6 Å². The van der Waals surface area contributed by atoms with Gasteiger partial charge in [0.2, 0.25) is 5.91 Å². The molecule has 21 heavy (non-hydrogen) atoms. The Hall–Kier alpha value is -2.63. The number of hydrogen-bond acceptors (Lipinski definition) is 4. The van der Waals surface area contributed by atoms with Crippen LogP contribution in [0.15, 0.2) is 30.3 Å². The highest BCUT2D eigenvalue weighted by Crippen LogP contribution is 2.23. The summed E-state index contributed by atoms with van der Waals surface area (Å²) in [4.78, 5) is 26.5. The Morgan fingerprint density at radius 3 is 2.95 bits per heavy atom. The fraction of sp³-hybridized carbons (Fsp3) is 0.267. The number of amides is 1. The maximum atomic E-state index is 11.2. The Balaban J connectivity index is 1.88. The van der Waals surface area contributed by atoms with Crippen LogP contribution in [-0.2, 0) is 4.79 Å². The number of carboxylic acid groups (broad SMARTS) is 1. The zero-order valence-electron chi connectivity index (χ0n) is 11.3. The predicted molar refractivity (Wildman–Crippen MR) is 78.4 cm³/mol. The molecule has 1 saturated heterocycles. The molecule has 1 unspecified atom stereocenters. The highest BCUT2D eigenvalue weighted by Gasteiger charge is 2.20. The summed E-state index contributed by atoms with van der Waals surface area (Å²) < 4.78 is 0. The number of carbonyl (C=O) groups excluding carboxylic acids is 1. The molecule has 6 heteroatoms. The van der Waals surface area contributed by atoms with Crippen molar-refractivity contribution in [2.45, 2.75) is 18.9 Å². The number of benzene rings is 1. The summed E-state index contributed by atoms with van der Waals surface area (Å²) in [6, 6.07) is 9.10. The molecule has 0 saturated carbocycles. The molecule has 0 radical (unpaired) electrons. The van der Waals surface area contributed by atoms with Gasteiger partial charge in [0, 0.05) is 24.4 Å². The zero-order valence-corrected chi connectivity index (χ0v) is 11.3. The fourth-order valence-corrected chi connectivity index (χ4v) is 2.49. The van der Waals surface area contributed by atoms with E-state index in [-0.39, 0.29) is 17.6 Å². The second-order valence-electron chi connectivity index (χ2n) is 5.07. The number of hydrogen-bond donors (Lipinski definition) is 3. The number of anilines is 1. The van der Waals surface area contributed by atoms with E-state index in [0.717, 1.165) is 17.2 Å². The van der Waals surface area contributed by atoms with E-state index in [1.807, 2.05) is 24.3 Å². The van der Waals surface area contributed by atoms with Crippen LogP contribution in [0.25, 0.3) is 10.8 Å². The van der Waals surface area contributed by atoms with Gasteiger partial charge in [0.25, 0.3) is 0 Å². The molecular formula is C15H15N3O3. The van der Waals surface area contributed by atoms with Gasteiger partial charge in [-0.1, -0.05) is 24.3 Å². The Bertz CT molecular complexity index is 714. The van der Waals surface area contributed by atoms with Crippen LogP contribution in [0.5, 0.6) is 0 Å². The van der Waals surface area contributed by atoms with Gasteiger partial charge in [-0.05, 0) is 17.9 Å². The lowest BCUT2D eigenvalue weighted by molar-refractivity contribution is -0.119. The van der Waals surface area contributed by atoms with Crippen LogP contribution in [-0.4, -0.2) is 34.6 Å². The average molecular weight is 285 g/mol. The molecule has 1 aromatic carbocycles. The summed E-state index contributed by atoms with van der Waals surface area (Å²) in [5.41, 5.74) is 0.00616. The summed E-state index contributed by atoms with van der Waals surface area (Å²) in [6.45, 7) is 0.534. The Kier molecular flexibility index (Phi) is 3.43. The zero-order chi connectivity index (χ0) is 14.8. The second kappa shape index (κ2) is 5.40. The first-order chi connectivity index (χ1) is 10.1. The largest absolute Gasteiger partial charge is 0.477 e. The minimum absolute atomic E-state index is 0.00616. The molecular weight excluding hydrogens is 270 g/mol. The molecule has 1 atom stereocenters. The van der Waals surface area contributed by atoms with Crippen LogP contribution in [0.2, 0.25) is 0 Å². The molecule has 1 aliphatic rings. The lowest BCUT2D eigenvalue weighted by Crippen LogP contribution is -2.32. The minimum atomic E-state index is -1.06. The van der Waals surface area contributed by atoms with E-state index < -0.39 is 5.97 Å². The molecule has 108 valence electrons. The Morgan fingerprint density at radius 2 is 2.24 bits per heavy atom. The van der Waals surface area contributed by atoms with Crippen molar-refractivity contribution in [3.63, 3.8) is 0 Å². The lowest BCUT2D eigenvalue weighted by Gasteiger charge is -2.14. The van der Waals surface area contributed by atoms with Crippen LogP contribution < -0.4 is 10.6 Å². The number of nitrogens with one attached hydrogen (secondary N) is 2. The highest BCUT2D eigenvalue weighted by atomic mass is 16.4. The number of fused-ring (bicyclic) bond motifs is 1. The first-order valence-corrected chi connectivity index (χ1v) is 6.80. The summed E-state index contributed by atoms with van der Waals surface area (Å²) in [7, 11) is 0. The number of aromatic carboxylic acids is 1. The van der Waals surface area contributed by atoms with E-state index >= 15 is 0 Å². The van der Waals surface area contributed by atoms with Crippen molar-refractivity contribution in [2.75, 3.05) is 11.9 Å². The minimum Gasteiger partial charge on any atom is -0.477 e. The Morgan fingerprint density at radius 1 is 1.43 bits per heavy atom. The van der Waals surface area contributed by atoms with Crippen molar-refractivity contribution >= 4 is 28.5 Å². The quantitative estimate of drug-likeness (QED) is 0.794. The van der Waals surface area contributed by atoms with Gasteiger partial charge in [0.05, 0.1) is 0 Å². The molecule has 6 nitrogen and oxygen atoms in total. The molecule has 1 fully saturated rings. The second-order valence-corrected chi connectivity index (χ2v) is 5.07. The first kappa shape index (κ1) is 13.4. The third kappa shape index (κ3) is 2.79. The van der Waals surface area contributed by atoms with Gasteiger partial charge in [-0.15, -0.1) is 0 Å². The monoisotopic (exact) mass is 285 g/mol. The number of nitrogens with zero attached hydrogens (tertiary/aromatic N) is 1. The van der Waals surface area contributed by atoms with Crippen molar-refractivity contribution in [3.8, 4) is 0 Å². The van der Waals surface area contributed by atoms with Crippen molar-refractivity contribution in [1.82, 2.24) is 10.3 Å². The van der Waals surface area contributed by atoms with E-state index in [4.69, 9.17) is 5.11 Å². The van der Waals surface area contributed by atoms with Gasteiger partial charge in [0.15, 0.2) is 5.69 Å². The van der Waals surface area contributed by atoms with Gasteiger partial charge < -0.3 is 15.7 Å². The van der Waals surface area contributed by atoms with Crippen LogP contribution in [0, 0.1) is 0 Å². The van der Waals surface area contributed by atoms with Crippen molar-refractivity contribution < 1.29 is 14.7 Å². The van der Waals surface area contributed by atoms with Crippen molar-refractivity contribution in [3.05, 3.63) is 36.0 Å². The summed E-state index contributed by atoms with van der Waals surface area (Å²) in [6.07, 6.45) is 1.32. The van der Waals surface area contributed by atoms with E-state index in [0.29, 0.717) is 18.8 Å². The molecule has 0 aliphatic carbocycles. The summed E-state index contributed by atoms with van der Waals surface area (Å²) >= 11 is 0. The van der Waals surface area contributed by atoms with Gasteiger partial charge in [-0.3, -0.25) is 4.79 Å². The highest BCUT2D eigenvalue weighted by molar-refractivity contribution is 5.97. The van der Waals surface area contributed by atoms with E-state index in [1.54, 1.807) is 6.07 Å². The van der Waals surface area contributed by atoms with Crippen LogP contribution in [0.3, 0.4) is 0 Å². The fourth-order valence-electron chi connectivity index (χ4n) is 2.49.